The molecule has 3 heterocycles. The van der Waals surface area contributed by atoms with E-state index in [4.69, 9.17) is 14.5 Å². The van der Waals surface area contributed by atoms with Crippen LogP contribution in [0.15, 0.2) is 24.3 Å². The molecule has 1 spiro atoms. The SMILES string of the molecule is COc1ccc2nc(N3CCC4(CC3)CCS(=O)(=O)CC4)cc(OC)c2c1. The average molecular weight is 391 g/mol. The first-order valence-corrected chi connectivity index (χ1v) is 11.2. The van der Waals surface area contributed by atoms with Crippen molar-refractivity contribution >= 4 is 26.6 Å². The lowest BCUT2D eigenvalue weighted by atomic mass is 9.74. The molecule has 4 rings (SSSR count). The number of hydrogen-bond donors (Lipinski definition) is 0. The second-order valence-electron chi connectivity index (χ2n) is 7.70. The van der Waals surface area contributed by atoms with Crippen molar-refractivity contribution in [3.63, 3.8) is 0 Å². The van der Waals surface area contributed by atoms with Gasteiger partial charge in [-0.3, -0.25) is 0 Å². The maximum atomic E-state index is 11.8. The fraction of sp³-hybridized carbons (Fsp3) is 0.550. The number of fused-ring (bicyclic) bond motifs is 1. The van der Waals surface area contributed by atoms with Crippen LogP contribution in [0.1, 0.15) is 25.7 Å². The summed E-state index contributed by atoms with van der Waals surface area (Å²) in [6.45, 7) is 1.80. The molecule has 2 saturated heterocycles. The molecular weight excluding hydrogens is 364 g/mol. The van der Waals surface area contributed by atoms with Crippen molar-refractivity contribution < 1.29 is 17.9 Å². The third kappa shape index (κ3) is 3.57. The van der Waals surface area contributed by atoms with Crippen LogP contribution >= 0.6 is 0 Å². The van der Waals surface area contributed by atoms with Crippen molar-refractivity contribution in [1.29, 1.82) is 0 Å². The highest BCUT2D eigenvalue weighted by atomic mass is 32.2. The predicted octanol–water partition coefficient (Wildman–Crippen LogP) is 3.05. The topological polar surface area (TPSA) is 68.7 Å². The first kappa shape index (κ1) is 18.3. The molecule has 0 atom stereocenters. The molecule has 2 fully saturated rings. The number of hydrogen-bond acceptors (Lipinski definition) is 6. The Hall–Kier alpha value is -2.02. The predicted molar refractivity (Wildman–Crippen MR) is 107 cm³/mol. The van der Waals surface area contributed by atoms with Gasteiger partial charge in [0.15, 0.2) is 0 Å². The van der Waals surface area contributed by atoms with Gasteiger partial charge in [0.2, 0.25) is 0 Å². The van der Waals surface area contributed by atoms with Gasteiger partial charge in [0.1, 0.15) is 27.2 Å². The summed E-state index contributed by atoms with van der Waals surface area (Å²) in [5.41, 5.74) is 1.07. The molecule has 0 amide bonds. The number of piperidine rings is 1. The Balaban J connectivity index is 1.55. The van der Waals surface area contributed by atoms with Crippen LogP contribution in [0.3, 0.4) is 0 Å². The van der Waals surface area contributed by atoms with E-state index in [9.17, 15) is 8.42 Å². The molecule has 1 aromatic carbocycles. The molecule has 0 bridgehead atoms. The Bertz CT molecular complexity index is 934. The van der Waals surface area contributed by atoms with Crippen molar-refractivity contribution in [3.8, 4) is 11.5 Å². The van der Waals surface area contributed by atoms with Crippen molar-refractivity contribution in [2.45, 2.75) is 25.7 Å². The van der Waals surface area contributed by atoms with Crippen molar-refractivity contribution in [2.24, 2.45) is 5.41 Å². The van der Waals surface area contributed by atoms with Gasteiger partial charge >= 0.3 is 0 Å². The van der Waals surface area contributed by atoms with Gasteiger partial charge in [-0.15, -0.1) is 0 Å². The first-order chi connectivity index (χ1) is 12.9. The van der Waals surface area contributed by atoms with E-state index in [0.717, 1.165) is 67.0 Å². The molecule has 0 aliphatic carbocycles. The summed E-state index contributed by atoms with van der Waals surface area (Å²) in [5, 5.41) is 0.937. The fourth-order valence-corrected chi connectivity index (χ4v) is 5.99. The van der Waals surface area contributed by atoms with Crippen LogP contribution in [0.25, 0.3) is 10.9 Å². The lowest BCUT2D eigenvalue weighted by molar-refractivity contribution is 0.194. The molecular formula is C20H26N2O4S. The Morgan fingerprint density at radius 3 is 2.33 bits per heavy atom. The number of pyridine rings is 1. The molecule has 6 nitrogen and oxygen atoms in total. The van der Waals surface area contributed by atoms with Gasteiger partial charge in [0, 0.05) is 24.5 Å². The quantitative estimate of drug-likeness (QED) is 0.802. The van der Waals surface area contributed by atoms with Crippen LogP contribution in [0.5, 0.6) is 11.5 Å². The van der Waals surface area contributed by atoms with E-state index < -0.39 is 9.84 Å². The van der Waals surface area contributed by atoms with Gasteiger partial charge in [-0.05, 0) is 49.3 Å². The van der Waals surface area contributed by atoms with E-state index >= 15 is 0 Å². The number of sulfone groups is 1. The van der Waals surface area contributed by atoms with E-state index in [-0.39, 0.29) is 5.41 Å². The highest BCUT2D eigenvalue weighted by molar-refractivity contribution is 7.91. The second kappa shape index (κ2) is 6.86. The molecule has 2 aliphatic rings. The molecule has 7 heteroatoms. The van der Waals surface area contributed by atoms with Gasteiger partial charge in [-0.2, -0.15) is 0 Å². The van der Waals surface area contributed by atoms with Crippen molar-refractivity contribution in [2.75, 3.05) is 43.7 Å². The standard InChI is InChI=1S/C20H26N2O4S/c1-25-15-3-4-17-16(13-15)18(26-2)14-19(21-17)22-9-5-20(6-10-22)7-11-27(23,24)12-8-20/h3-4,13-14H,5-12H2,1-2H3. The Morgan fingerprint density at radius 1 is 1.00 bits per heavy atom. The van der Waals surface area contributed by atoms with Crippen molar-refractivity contribution in [1.82, 2.24) is 4.98 Å². The lowest BCUT2D eigenvalue weighted by Crippen LogP contribution is -2.44. The molecule has 0 N–H and O–H groups in total. The normalized spacial score (nSPS) is 21.3. The lowest BCUT2D eigenvalue weighted by Gasteiger charge is -2.44. The zero-order valence-corrected chi connectivity index (χ0v) is 16.7. The third-order valence-corrected chi connectivity index (χ3v) is 7.87. The van der Waals surface area contributed by atoms with Crippen LogP contribution in [0.2, 0.25) is 0 Å². The molecule has 0 unspecified atom stereocenters. The number of methoxy groups -OCH3 is 2. The second-order valence-corrected chi connectivity index (χ2v) is 10.0. The van der Waals surface area contributed by atoms with Gasteiger partial charge in [-0.25, -0.2) is 13.4 Å². The molecule has 2 aromatic rings. The maximum absolute atomic E-state index is 11.8. The van der Waals surface area contributed by atoms with Gasteiger partial charge in [-0.1, -0.05) is 0 Å². The van der Waals surface area contributed by atoms with E-state index in [1.165, 1.54) is 0 Å². The minimum absolute atomic E-state index is 0.191. The van der Waals surface area contributed by atoms with Gasteiger partial charge < -0.3 is 14.4 Å². The van der Waals surface area contributed by atoms with E-state index in [0.29, 0.717) is 11.5 Å². The van der Waals surface area contributed by atoms with E-state index in [2.05, 4.69) is 4.90 Å². The zero-order chi connectivity index (χ0) is 19.1. The highest BCUT2D eigenvalue weighted by Gasteiger charge is 2.39. The highest BCUT2D eigenvalue weighted by Crippen LogP contribution is 2.43. The average Bonchev–Trinajstić information content (AvgIpc) is 2.70. The largest absolute Gasteiger partial charge is 0.497 e. The summed E-state index contributed by atoms with van der Waals surface area (Å²) in [6.07, 6.45) is 3.65. The summed E-state index contributed by atoms with van der Waals surface area (Å²) in [5.74, 6) is 3.18. The number of aromatic nitrogens is 1. The summed E-state index contributed by atoms with van der Waals surface area (Å²) < 4.78 is 34.4. The maximum Gasteiger partial charge on any atom is 0.150 e. The van der Waals surface area contributed by atoms with Crippen LogP contribution in [0, 0.1) is 5.41 Å². The molecule has 0 saturated carbocycles. The van der Waals surface area contributed by atoms with Crippen LogP contribution in [0.4, 0.5) is 5.82 Å². The Labute approximate surface area is 160 Å². The van der Waals surface area contributed by atoms with Crippen LogP contribution in [-0.2, 0) is 9.84 Å². The zero-order valence-electron chi connectivity index (χ0n) is 15.9. The summed E-state index contributed by atoms with van der Waals surface area (Å²) >= 11 is 0. The number of rotatable bonds is 3. The molecule has 1 aromatic heterocycles. The summed E-state index contributed by atoms with van der Waals surface area (Å²) in [6, 6.07) is 7.80. The first-order valence-electron chi connectivity index (χ1n) is 9.42. The smallest absolute Gasteiger partial charge is 0.150 e. The summed E-state index contributed by atoms with van der Waals surface area (Å²) in [7, 11) is 0.505. The van der Waals surface area contributed by atoms with Gasteiger partial charge in [0.05, 0.1) is 31.2 Å². The molecule has 0 radical (unpaired) electrons. The number of ether oxygens (including phenoxy) is 2. The fourth-order valence-electron chi connectivity index (χ4n) is 4.30. The van der Waals surface area contributed by atoms with E-state index in [1.54, 1.807) is 14.2 Å². The third-order valence-electron chi connectivity index (χ3n) is 6.22. The molecule has 2 aliphatic heterocycles. The van der Waals surface area contributed by atoms with Crippen molar-refractivity contribution in [3.05, 3.63) is 24.3 Å². The summed E-state index contributed by atoms with van der Waals surface area (Å²) in [4.78, 5) is 7.13. The number of nitrogens with zero attached hydrogens (tertiary/aromatic N) is 2. The van der Waals surface area contributed by atoms with Crippen LogP contribution in [-0.4, -0.2) is 52.2 Å². The minimum Gasteiger partial charge on any atom is -0.497 e. The Morgan fingerprint density at radius 2 is 1.70 bits per heavy atom. The van der Waals surface area contributed by atoms with Crippen LogP contribution < -0.4 is 14.4 Å². The van der Waals surface area contributed by atoms with E-state index in [1.807, 2.05) is 24.3 Å². The Kier molecular flexibility index (Phi) is 4.66. The number of anilines is 1. The monoisotopic (exact) mass is 390 g/mol. The number of benzene rings is 1. The molecule has 146 valence electrons. The molecule has 27 heavy (non-hydrogen) atoms. The van der Waals surface area contributed by atoms with Gasteiger partial charge in [0.25, 0.3) is 0 Å². The minimum atomic E-state index is -2.82.